The predicted octanol–water partition coefficient (Wildman–Crippen LogP) is 0.429. The van der Waals surface area contributed by atoms with Gasteiger partial charge < -0.3 is 10.1 Å². The molecule has 1 N–H and O–H groups in total. The molecule has 1 aliphatic carbocycles. The largest absolute Gasteiger partial charge is 0.447 e. The second-order valence-corrected chi connectivity index (χ2v) is 6.01. The van der Waals surface area contributed by atoms with Gasteiger partial charge >= 0.3 is 6.09 Å². The van der Waals surface area contributed by atoms with Gasteiger partial charge in [0.25, 0.3) is 0 Å². The summed E-state index contributed by atoms with van der Waals surface area (Å²) in [5.74, 6) is 0.573. The maximum atomic E-state index is 12.2. The van der Waals surface area contributed by atoms with Crippen molar-refractivity contribution in [2.45, 2.75) is 31.7 Å². The van der Waals surface area contributed by atoms with Gasteiger partial charge in [0.05, 0.1) is 13.1 Å². The topological polar surface area (TPSA) is 61.9 Å². The summed E-state index contributed by atoms with van der Waals surface area (Å²) in [6.07, 6.45) is 4.25. The summed E-state index contributed by atoms with van der Waals surface area (Å²) in [5.41, 5.74) is 0. The number of carbonyl (C=O) groups is 2. The summed E-state index contributed by atoms with van der Waals surface area (Å²) >= 11 is 0. The molecule has 1 saturated carbocycles. The van der Waals surface area contributed by atoms with Crippen LogP contribution in [-0.4, -0.2) is 67.2 Å². The molecule has 3 aliphatic rings. The summed E-state index contributed by atoms with van der Waals surface area (Å²) in [4.78, 5) is 27.2. The lowest BCUT2D eigenvalue weighted by Gasteiger charge is -2.30. The van der Waals surface area contributed by atoms with Crippen LogP contribution in [0.15, 0.2) is 0 Å². The van der Waals surface area contributed by atoms with Crippen molar-refractivity contribution >= 4 is 12.0 Å². The van der Waals surface area contributed by atoms with E-state index in [0.717, 1.165) is 19.6 Å². The van der Waals surface area contributed by atoms with Gasteiger partial charge in [-0.25, -0.2) is 9.69 Å². The van der Waals surface area contributed by atoms with Crippen molar-refractivity contribution in [1.29, 1.82) is 0 Å². The van der Waals surface area contributed by atoms with Gasteiger partial charge in [0.2, 0.25) is 5.91 Å². The van der Waals surface area contributed by atoms with Crippen molar-refractivity contribution in [3.8, 4) is 0 Å². The molecule has 2 saturated heterocycles. The Hall–Kier alpha value is -1.14. The highest BCUT2D eigenvalue weighted by atomic mass is 16.6. The molecule has 6 nitrogen and oxygen atoms in total. The molecule has 0 unspecified atom stereocenters. The van der Waals surface area contributed by atoms with Gasteiger partial charge in [0.1, 0.15) is 6.61 Å². The zero-order valence-electron chi connectivity index (χ0n) is 11.8. The van der Waals surface area contributed by atoms with E-state index in [-0.39, 0.29) is 5.91 Å². The second-order valence-electron chi connectivity index (χ2n) is 6.01. The van der Waals surface area contributed by atoms with Gasteiger partial charge in [-0.15, -0.1) is 0 Å². The van der Waals surface area contributed by atoms with Crippen molar-refractivity contribution in [2.75, 3.05) is 39.3 Å². The number of amides is 2. The van der Waals surface area contributed by atoms with E-state index in [9.17, 15) is 9.59 Å². The molecule has 20 heavy (non-hydrogen) atoms. The van der Waals surface area contributed by atoms with Gasteiger partial charge in [-0.05, 0) is 44.7 Å². The Morgan fingerprint density at radius 1 is 1.30 bits per heavy atom. The summed E-state index contributed by atoms with van der Waals surface area (Å²) < 4.78 is 4.83. The molecule has 0 aromatic rings. The molecule has 0 radical (unpaired) electrons. The monoisotopic (exact) mass is 281 g/mol. The molecule has 0 aromatic heterocycles. The van der Waals surface area contributed by atoms with Crippen LogP contribution < -0.4 is 5.32 Å². The van der Waals surface area contributed by atoms with Crippen molar-refractivity contribution in [1.82, 2.24) is 15.1 Å². The van der Waals surface area contributed by atoms with Crippen molar-refractivity contribution in [2.24, 2.45) is 5.92 Å². The fourth-order valence-corrected chi connectivity index (χ4v) is 3.06. The number of carbonyl (C=O) groups excluding carboxylic acids is 2. The first-order valence-electron chi connectivity index (χ1n) is 7.66. The highest BCUT2D eigenvalue weighted by Crippen LogP contribution is 2.29. The molecule has 0 bridgehead atoms. The van der Waals surface area contributed by atoms with Crippen LogP contribution in [0.2, 0.25) is 0 Å². The van der Waals surface area contributed by atoms with Crippen molar-refractivity contribution in [3.63, 3.8) is 0 Å². The molecule has 0 spiro atoms. The van der Waals surface area contributed by atoms with E-state index in [4.69, 9.17) is 4.74 Å². The van der Waals surface area contributed by atoms with E-state index >= 15 is 0 Å². The third-order valence-electron chi connectivity index (χ3n) is 4.41. The van der Waals surface area contributed by atoms with Gasteiger partial charge in [0.15, 0.2) is 0 Å². The van der Waals surface area contributed by atoms with E-state index in [2.05, 4.69) is 10.2 Å². The minimum Gasteiger partial charge on any atom is -0.447 e. The number of ether oxygens (including phenoxy) is 1. The van der Waals surface area contributed by atoms with Gasteiger partial charge in [-0.2, -0.15) is 0 Å². The summed E-state index contributed by atoms with van der Waals surface area (Å²) in [6, 6.07) is 0.549. The average Bonchev–Trinajstić information content (AvgIpc) is 3.21. The number of imide groups is 1. The van der Waals surface area contributed by atoms with E-state index in [1.807, 2.05) is 0 Å². The van der Waals surface area contributed by atoms with Crippen LogP contribution in [0.25, 0.3) is 0 Å². The highest BCUT2D eigenvalue weighted by Gasteiger charge is 2.35. The molecule has 0 atom stereocenters. The first-order valence-corrected chi connectivity index (χ1v) is 7.66. The number of cyclic esters (lactones) is 1. The lowest BCUT2D eigenvalue weighted by molar-refractivity contribution is -0.129. The average molecular weight is 281 g/mol. The molecule has 3 fully saturated rings. The molecule has 2 amide bonds. The van der Waals surface area contributed by atoms with Crippen LogP contribution in [0.1, 0.15) is 25.7 Å². The lowest BCUT2D eigenvalue weighted by atomic mass is 9.97. The van der Waals surface area contributed by atoms with Gasteiger partial charge in [0, 0.05) is 12.6 Å². The van der Waals surface area contributed by atoms with Crippen LogP contribution >= 0.6 is 0 Å². The van der Waals surface area contributed by atoms with Gasteiger partial charge in [-0.3, -0.25) is 9.69 Å². The standard InChI is InChI=1S/C14H23N3O3/c18-13(17-7-8-20-14(17)19)10-16(12-1-2-12)9-11-3-5-15-6-4-11/h11-12,15H,1-10H2. The fraction of sp³-hybridized carbons (Fsp3) is 0.857. The first kappa shape index (κ1) is 13.8. The summed E-state index contributed by atoms with van der Waals surface area (Å²) in [7, 11) is 0. The second kappa shape index (κ2) is 6.10. The Bertz CT molecular complexity index is 378. The number of hydrogen-bond donors (Lipinski definition) is 1. The Morgan fingerprint density at radius 2 is 2.05 bits per heavy atom. The number of rotatable bonds is 5. The molecule has 2 heterocycles. The van der Waals surface area contributed by atoms with E-state index in [0.29, 0.717) is 31.7 Å². The molecule has 112 valence electrons. The number of hydrogen-bond acceptors (Lipinski definition) is 5. The van der Waals surface area contributed by atoms with Crippen LogP contribution in [0.3, 0.4) is 0 Å². The predicted molar refractivity (Wildman–Crippen MR) is 73.2 cm³/mol. The normalized spacial score (nSPS) is 24.2. The van der Waals surface area contributed by atoms with Crippen LogP contribution in [0.5, 0.6) is 0 Å². The zero-order valence-corrected chi connectivity index (χ0v) is 11.8. The molecular weight excluding hydrogens is 258 g/mol. The minimum atomic E-state index is -0.479. The highest BCUT2D eigenvalue weighted by molar-refractivity contribution is 5.94. The Labute approximate surface area is 119 Å². The molecular formula is C14H23N3O3. The molecule has 6 heteroatoms. The Morgan fingerprint density at radius 3 is 2.65 bits per heavy atom. The van der Waals surface area contributed by atoms with Crippen molar-refractivity contribution < 1.29 is 14.3 Å². The van der Waals surface area contributed by atoms with Crippen LogP contribution in [0.4, 0.5) is 4.79 Å². The molecule has 0 aromatic carbocycles. The van der Waals surface area contributed by atoms with Gasteiger partial charge in [-0.1, -0.05) is 0 Å². The zero-order chi connectivity index (χ0) is 13.9. The Balaban J connectivity index is 1.53. The SMILES string of the molecule is O=C(CN(CC1CCNCC1)C1CC1)N1CCOC1=O. The van der Waals surface area contributed by atoms with E-state index in [1.54, 1.807) is 0 Å². The van der Waals surface area contributed by atoms with Crippen LogP contribution in [0, 0.1) is 5.92 Å². The minimum absolute atomic E-state index is 0.103. The molecule has 3 rings (SSSR count). The quantitative estimate of drug-likeness (QED) is 0.792. The first-order chi connectivity index (χ1) is 9.74. The maximum absolute atomic E-state index is 12.2. The number of nitrogens with zero attached hydrogens (tertiary/aromatic N) is 2. The summed E-state index contributed by atoms with van der Waals surface area (Å²) in [6.45, 7) is 4.25. The fourth-order valence-electron chi connectivity index (χ4n) is 3.06. The summed E-state index contributed by atoms with van der Waals surface area (Å²) in [5, 5.41) is 3.37. The third kappa shape index (κ3) is 3.30. The maximum Gasteiger partial charge on any atom is 0.416 e. The van der Waals surface area contributed by atoms with E-state index < -0.39 is 6.09 Å². The van der Waals surface area contributed by atoms with E-state index in [1.165, 1.54) is 30.6 Å². The smallest absolute Gasteiger partial charge is 0.416 e. The number of nitrogens with one attached hydrogen (secondary N) is 1. The molecule has 2 aliphatic heterocycles. The third-order valence-corrected chi connectivity index (χ3v) is 4.41. The lowest BCUT2D eigenvalue weighted by Crippen LogP contribution is -2.44. The van der Waals surface area contributed by atoms with Crippen LogP contribution in [-0.2, 0) is 9.53 Å². The van der Waals surface area contributed by atoms with Crippen molar-refractivity contribution in [3.05, 3.63) is 0 Å². The number of piperidine rings is 1. The Kier molecular flexibility index (Phi) is 4.21.